The topological polar surface area (TPSA) is 67.9 Å². The van der Waals surface area contributed by atoms with Gasteiger partial charge in [-0.2, -0.15) is 0 Å². The third-order valence-electron chi connectivity index (χ3n) is 4.84. The van der Waals surface area contributed by atoms with Crippen molar-refractivity contribution >= 4 is 23.2 Å². The number of carbonyl (C=O) groups is 2. The fourth-order valence-corrected chi connectivity index (χ4v) is 3.35. The van der Waals surface area contributed by atoms with Crippen LogP contribution in [0.25, 0.3) is 0 Å². The molecule has 1 aliphatic heterocycles. The highest BCUT2D eigenvalue weighted by Crippen LogP contribution is 2.31. The van der Waals surface area contributed by atoms with E-state index in [1.807, 2.05) is 43.3 Å². The van der Waals surface area contributed by atoms with Gasteiger partial charge in [0.2, 0.25) is 11.8 Å². The second-order valence-electron chi connectivity index (χ2n) is 7.40. The quantitative estimate of drug-likeness (QED) is 0.623. The van der Waals surface area contributed by atoms with E-state index in [9.17, 15) is 9.59 Å². The monoisotopic (exact) mass is 410 g/mol. The molecule has 0 aliphatic carbocycles. The van der Waals surface area contributed by atoms with Crippen LogP contribution < -0.4 is 19.7 Å². The number of carbonyl (C=O) groups excluding carboxylic acids is 2. The van der Waals surface area contributed by atoms with Crippen LogP contribution >= 0.6 is 0 Å². The van der Waals surface area contributed by atoms with Crippen molar-refractivity contribution < 1.29 is 19.1 Å². The molecule has 6 nitrogen and oxygen atoms in total. The fraction of sp³-hybridized carbons (Fsp3) is 0.417. The molecule has 2 amide bonds. The van der Waals surface area contributed by atoms with E-state index in [1.54, 1.807) is 11.0 Å². The molecule has 2 aromatic rings. The predicted octanol–water partition coefficient (Wildman–Crippen LogP) is 4.57. The van der Waals surface area contributed by atoms with Crippen LogP contribution in [0.5, 0.6) is 11.5 Å². The van der Waals surface area contributed by atoms with E-state index < -0.39 is 0 Å². The first kappa shape index (κ1) is 21.7. The van der Waals surface area contributed by atoms with Crippen molar-refractivity contribution in [3.05, 3.63) is 48.0 Å². The Kier molecular flexibility index (Phi) is 7.71. The molecule has 1 fully saturated rings. The lowest BCUT2D eigenvalue weighted by molar-refractivity contribution is -0.117. The number of nitrogens with zero attached hydrogens (tertiary/aromatic N) is 1. The van der Waals surface area contributed by atoms with E-state index in [1.165, 1.54) is 0 Å². The normalized spacial score (nSPS) is 13.4. The molecule has 1 heterocycles. The minimum Gasteiger partial charge on any atom is -0.490 e. The second-order valence-corrected chi connectivity index (χ2v) is 7.40. The zero-order valence-corrected chi connectivity index (χ0v) is 17.8. The van der Waals surface area contributed by atoms with Crippen LogP contribution in [0, 0.1) is 0 Å². The number of hydrogen-bond donors (Lipinski definition) is 1. The molecule has 0 unspecified atom stereocenters. The molecular weight excluding hydrogens is 380 g/mol. The van der Waals surface area contributed by atoms with Gasteiger partial charge in [-0.05, 0) is 49.1 Å². The molecule has 6 heteroatoms. The summed E-state index contributed by atoms with van der Waals surface area (Å²) in [5, 5.41) is 2.93. The summed E-state index contributed by atoms with van der Waals surface area (Å²) in [7, 11) is 0. The summed E-state index contributed by atoms with van der Waals surface area (Å²) < 4.78 is 11.5. The van der Waals surface area contributed by atoms with E-state index in [4.69, 9.17) is 9.47 Å². The molecule has 0 aromatic heterocycles. The summed E-state index contributed by atoms with van der Waals surface area (Å²) in [6.45, 7) is 6.07. The van der Waals surface area contributed by atoms with Crippen LogP contribution in [-0.4, -0.2) is 31.6 Å². The van der Waals surface area contributed by atoms with E-state index in [-0.39, 0.29) is 18.2 Å². The Bertz CT molecular complexity index is 864. The van der Waals surface area contributed by atoms with Gasteiger partial charge in [0.05, 0.1) is 19.6 Å². The SMILES string of the molecule is CCCOc1ccc(NC(=O)Cc2ccc(N3CCCC3=O)cc2)cc1OCCC. The molecule has 0 radical (unpaired) electrons. The Balaban J connectivity index is 1.61. The Morgan fingerprint density at radius 1 is 1.00 bits per heavy atom. The molecule has 1 N–H and O–H groups in total. The van der Waals surface area contributed by atoms with Crippen LogP contribution in [-0.2, 0) is 16.0 Å². The van der Waals surface area contributed by atoms with Crippen molar-refractivity contribution in [2.75, 3.05) is 30.0 Å². The standard InChI is InChI=1S/C24H30N2O4/c1-3-14-29-21-12-9-19(17-22(21)30-15-4-2)25-23(27)16-18-7-10-20(11-8-18)26-13-5-6-24(26)28/h7-12,17H,3-6,13-16H2,1-2H3,(H,25,27). The van der Waals surface area contributed by atoms with Gasteiger partial charge in [0.15, 0.2) is 11.5 Å². The molecule has 1 aliphatic rings. The van der Waals surface area contributed by atoms with Crippen molar-refractivity contribution in [2.45, 2.75) is 46.0 Å². The van der Waals surface area contributed by atoms with Crippen molar-refractivity contribution in [1.29, 1.82) is 0 Å². The number of rotatable bonds is 10. The van der Waals surface area contributed by atoms with Crippen LogP contribution in [0.3, 0.4) is 0 Å². The van der Waals surface area contributed by atoms with Crippen LogP contribution in [0.2, 0.25) is 0 Å². The molecule has 1 saturated heterocycles. The largest absolute Gasteiger partial charge is 0.490 e. The minimum atomic E-state index is -0.108. The van der Waals surface area contributed by atoms with Gasteiger partial charge in [-0.15, -0.1) is 0 Å². The molecule has 2 aromatic carbocycles. The third-order valence-corrected chi connectivity index (χ3v) is 4.84. The molecule has 0 atom stereocenters. The lowest BCUT2D eigenvalue weighted by Gasteiger charge is -2.16. The van der Waals surface area contributed by atoms with Crippen molar-refractivity contribution in [1.82, 2.24) is 0 Å². The molecule has 3 rings (SSSR count). The number of hydrogen-bond acceptors (Lipinski definition) is 4. The first-order valence-electron chi connectivity index (χ1n) is 10.7. The Morgan fingerprint density at radius 2 is 1.70 bits per heavy atom. The van der Waals surface area contributed by atoms with E-state index in [0.29, 0.717) is 36.8 Å². The van der Waals surface area contributed by atoms with E-state index in [2.05, 4.69) is 12.2 Å². The Morgan fingerprint density at radius 3 is 2.33 bits per heavy atom. The maximum Gasteiger partial charge on any atom is 0.228 e. The van der Waals surface area contributed by atoms with Gasteiger partial charge in [0.1, 0.15) is 0 Å². The van der Waals surface area contributed by atoms with Crippen molar-refractivity contribution in [2.24, 2.45) is 0 Å². The maximum atomic E-state index is 12.5. The second kappa shape index (κ2) is 10.7. The van der Waals surface area contributed by atoms with Gasteiger partial charge in [-0.3, -0.25) is 9.59 Å². The first-order chi connectivity index (χ1) is 14.6. The number of anilines is 2. The van der Waals surface area contributed by atoms with Crippen LogP contribution in [0.4, 0.5) is 11.4 Å². The number of ether oxygens (including phenoxy) is 2. The maximum absolute atomic E-state index is 12.5. The zero-order valence-electron chi connectivity index (χ0n) is 17.8. The van der Waals surface area contributed by atoms with Crippen molar-refractivity contribution in [3.63, 3.8) is 0 Å². The zero-order chi connectivity index (χ0) is 21.3. The molecule has 0 spiro atoms. The number of amides is 2. The summed E-state index contributed by atoms with van der Waals surface area (Å²) in [5.41, 5.74) is 2.46. The third kappa shape index (κ3) is 5.75. The summed E-state index contributed by atoms with van der Waals surface area (Å²) in [5.74, 6) is 1.38. The van der Waals surface area contributed by atoms with Gasteiger partial charge < -0.3 is 19.7 Å². The summed E-state index contributed by atoms with van der Waals surface area (Å²) in [6, 6.07) is 13.1. The molecule has 160 valence electrons. The van der Waals surface area contributed by atoms with Crippen LogP contribution in [0.15, 0.2) is 42.5 Å². The summed E-state index contributed by atoms with van der Waals surface area (Å²) in [6.07, 6.45) is 3.57. The highest BCUT2D eigenvalue weighted by atomic mass is 16.5. The average molecular weight is 411 g/mol. The highest BCUT2D eigenvalue weighted by Gasteiger charge is 2.21. The average Bonchev–Trinajstić information content (AvgIpc) is 3.18. The molecule has 0 saturated carbocycles. The minimum absolute atomic E-state index is 0.108. The lowest BCUT2D eigenvalue weighted by atomic mass is 10.1. The van der Waals surface area contributed by atoms with Crippen molar-refractivity contribution in [3.8, 4) is 11.5 Å². The Labute approximate surface area is 178 Å². The number of nitrogens with one attached hydrogen (secondary N) is 1. The fourth-order valence-electron chi connectivity index (χ4n) is 3.35. The first-order valence-corrected chi connectivity index (χ1v) is 10.7. The van der Waals surface area contributed by atoms with E-state index >= 15 is 0 Å². The van der Waals surface area contributed by atoms with Gasteiger partial charge in [-0.1, -0.05) is 26.0 Å². The van der Waals surface area contributed by atoms with E-state index in [0.717, 1.165) is 37.1 Å². The summed E-state index contributed by atoms with van der Waals surface area (Å²) in [4.78, 5) is 26.2. The van der Waals surface area contributed by atoms with Gasteiger partial charge in [-0.25, -0.2) is 0 Å². The highest BCUT2D eigenvalue weighted by molar-refractivity contribution is 5.95. The predicted molar refractivity (Wildman–Crippen MR) is 118 cm³/mol. The van der Waals surface area contributed by atoms with Crippen LogP contribution in [0.1, 0.15) is 45.1 Å². The smallest absolute Gasteiger partial charge is 0.228 e. The number of benzene rings is 2. The Hall–Kier alpha value is -3.02. The summed E-state index contributed by atoms with van der Waals surface area (Å²) >= 11 is 0. The molecule has 30 heavy (non-hydrogen) atoms. The van der Waals surface area contributed by atoms with Gasteiger partial charge in [0, 0.05) is 30.4 Å². The molecule has 0 bridgehead atoms. The molecular formula is C24H30N2O4. The van der Waals surface area contributed by atoms with Gasteiger partial charge >= 0.3 is 0 Å². The van der Waals surface area contributed by atoms with Gasteiger partial charge in [0.25, 0.3) is 0 Å². The lowest BCUT2D eigenvalue weighted by Crippen LogP contribution is -2.23.